The summed E-state index contributed by atoms with van der Waals surface area (Å²) in [6.45, 7) is 8.86. The molecular weight excluding hydrogens is 538 g/mol. The van der Waals surface area contributed by atoms with Gasteiger partial charge in [-0.15, -0.1) is 0 Å². The van der Waals surface area contributed by atoms with Crippen molar-refractivity contribution >= 4 is 17.8 Å². The highest BCUT2D eigenvalue weighted by Gasteiger charge is 2.24. The minimum Gasteiger partial charge on any atom is -0.480 e. The molecule has 6 heteroatoms. The second-order valence-corrected chi connectivity index (χ2v) is 13.0. The van der Waals surface area contributed by atoms with Gasteiger partial charge in [0.25, 0.3) is 0 Å². The van der Waals surface area contributed by atoms with Crippen molar-refractivity contribution < 1.29 is 24.2 Å². The van der Waals surface area contributed by atoms with Gasteiger partial charge in [0.1, 0.15) is 12.1 Å². The highest BCUT2D eigenvalue weighted by Crippen LogP contribution is 2.23. The van der Waals surface area contributed by atoms with Crippen LogP contribution in [0.15, 0.2) is 0 Å². The van der Waals surface area contributed by atoms with Crippen LogP contribution in [0.5, 0.6) is 0 Å². The Kier molecular flexibility index (Phi) is 29.3. The summed E-state index contributed by atoms with van der Waals surface area (Å²) in [5, 5.41) is 12.3. The minimum absolute atomic E-state index is 0.00604. The number of carbonyl (C=O) groups excluding carboxylic acids is 2. The Hall–Kier alpha value is -1.59. The number of rotatable bonds is 32. The maximum atomic E-state index is 12.8. The number of carboxylic acid groups (broad SMARTS) is 1. The van der Waals surface area contributed by atoms with Crippen LogP contribution in [0.3, 0.4) is 0 Å². The highest BCUT2D eigenvalue weighted by molar-refractivity contribution is 5.84. The summed E-state index contributed by atoms with van der Waals surface area (Å²) in [6.07, 6.45) is 28.8. The second kappa shape index (κ2) is 30.4. The molecule has 254 valence electrons. The highest BCUT2D eigenvalue weighted by atomic mass is 16.5. The largest absolute Gasteiger partial charge is 0.480 e. The van der Waals surface area contributed by atoms with Gasteiger partial charge in [-0.3, -0.25) is 9.59 Å². The molecule has 1 amide bonds. The monoisotopic (exact) mass is 610 g/mol. The van der Waals surface area contributed by atoms with Crippen molar-refractivity contribution in [2.45, 2.75) is 213 Å². The van der Waals surface area contributed by atoms with E-state index in [-0.39, 0.29) is 30.8 Å². The van der Waals surface area contributed by atoms with Gasteiger partial charge in [-0.25, -0.2) is 4.79 Å². The molecule has 0 aromatic rings. The van der Waals surface area contributed by atoms with Gasteiger partial charge >= 0.3 is 11.9 Å². The topological polar surface area (TPSA) is 92.7 Å². The SMILES string of the molecule is CCCCCCCCCCCC(=O)N[C@@H](CCC(=O)OC(CCCCCCCCCCC)C(C)CCCCCC)C(=O)O. The summed E-state index contributed by atoms with van der Waals surface area (Å²) in [5.74, 6) is -1.39. The van der Waals surface area contributed by atoms with Crippen LogP contribution in [-0.4, -0.2) is 35.1 Å². The fourth-order valence-corrected chi connectivity index (χ4v) is 5.80. The van der Waals surface area contributed by atoms with Gasteiger partial charge in [-0.1, -0.05) is 156 Å². The first-order chi connectivity index (χ1) is 20.8. The normalized spacial score (nSPS) is 13.4. The summed E-state index contributed by atoms with van der Waals surface area (Å²) in [6, 6.07) is -1.05. The van der Waals surface area contributed by atoms with E-state index in [0.717, 1.165) is 51.4 Å². The van der Waals surface area contributed by atoms with Crippen LogP contribution in [0.25, 0.3) is 0 Å². The smallest absolute Gasteiger partial charge is 0.326 e. The molecule has 0 rings (SSSR count). The summed E-state index contributed by atoms with van der Waals surface area (Å²) in [5.41, 5.74) is 0. The molecule has 2 N–H and O–H groups in total. The first kappa shape index (κ1) is 41.4. The van der Waals surface area contributed by atoms with Crippen molar-refractivity contribution in [1.29, 1.82) is 0 Å². The molecule has 0 aromatic carbocycles. The van der Waals surface area contributed by atoms with Crippen molar-refractivity contribution in [3.8, 4) is 0 Å². The van der Waals surface area contributed by atoms with Gasteiger partial charge in [-0.05, 0) is 38.0 Å². The van der Waals surface area contributed by atoms with Gasteiger partial charge in [0.15, 0.2) is 0 Å². The Labute approximate surface area is 266 Å². The summed E-state index contributed by atoms with van der Waals surface area (Å²) in [4.78, 5) is 37.0. The fraction of sp³-hybridized carbons (Fsp3) is 0.919. The average molecular weight is 610 g/mol. The van der Waals surface area contributed by atoms with Gasteiger partial charge in [0, 0.05) is 12.8 Å². The Bertz CT molecular complexity index is 667. The fourth-order valence-electron chi connectivity index (χ4n) is 5.80. The molecule has 0 saturated carbocycles. The summed E-state index contributed by atoms with van der Waals surface area (Å²) < 4.78 is 5.97. The molecule has 2 unspecified atom stereocenters. The molecule has 6 nitrogen and oxygen atoms in total. The van der Waals surface area contributed by atoms with Crippen molar-refractivity contribution in [2.24, 2.45) is 5.92 Å². The van der Waals surface area contributed by atoms with Crippen LogP contribution in [0, 0.1) is 5.92 Å². The summed E-state index contributed by atoms with van der Waals surface area (Å²) >= 11 is 0. The van der Waals surface area contributed by atoms with Gasteiger partial charge in [-0.2, -0.15) is 0 Å². The lowest BCUT2D eigenvalue weighted by Crippen LogP contribution is -2.41. The zero-order valence-corrected chi connectivity index (χ0v) is 28.9. The van der Waals surface area contributed by atoms with Gasteiger partial charge < -0.3 is 15.2 Å². The van der Waals surface area contributed by atoms with Crippen LogP contribution >= 0.6 is 0 Å². The van der Waals surface area contributed by atoms with E-state index in [9.17, 15) is 19.5 Å². The molecule has 0 radical (unpaired) electrons. The molecule has 0 fully saturated rings. The van der Waals surface area contributed by atoms with E-state index in [0.29, 0.717) is 12.3 Å². The molecule has 0 spiro atoms. The number of unbranched alkanes of at least 4 members (excludes halogenated alkanes) is 19. The molecule has 3 atom stereocenters. The summed E-state index contributed by atoms with van der Waals surface area (Å²) in [7, 11) is 0. The standard InChI is InChI=1S/C37H71NO5/c1-5-8-11-14-16-18-20-22-25-28-34(32(4)27-24-13-10-7-3)43-36(40)31-30-33(37(41)42)38-35(39)29-26-23-21-19-17-15-12-9-6-2/h32-34H,5-31H2,1-4H3,(H,38,39)(H,41,42)/t32?,33-,34?/m0/s1. The van der Waals surface area contributed by atoms with E-state index in [1.165, 1.54) is 103 Å². The number of hydrogen-bond donors (Lipinski definition) is 2. The predicted octanol–water partition coefficient (Wildman–Crippen LogP) is 10.7. The zero-order chi connectivity index (χ0) is 32.0. The predicted molar refractivity (Wildman–Crippen MR) is 180 cm³/mol. The number of amides is 1. The Morgan fingerprint density at radius 2 is 0.977 bits per heavy atom. The van der Waals surface area contributed by atoms with Crippen LogP contribution in [0.1, 0.15) is 201 Å². The number of carboxylic acids is 1. The van der Waals surface area contributed by atoms with Crippen molar-refractivity contribution in [3.63, 3.8) is 0 Å². The molecule has 0 aliphatic heterocycles. The lowest BCUT2D eigenvalue weighted by Gasteiger charge is -2.25. The van der Waals surface area contributed by atoms with E-state index < -0.39 is 12.0 Å². The van der Waals surface area contributed by atoms with E-state index in [2.05, 4.69) is 33.0 Å². The Balaban J connectivity index is 4.52. The van der Waals surface area contributed by atoms with E-state index in [1.807, 2.05) is 0 Å². The minimum atomic E-state index is -1.09. The van der Waals surface area contributed by atoms with Crippen LogP contribution in [0.4, 0.5) is 0 Å². The Morgan fingerprint density at radius 1 is 0.558 bits per heavy atom. The van der Waals surface area contributed by atoms with Crippen molar-refractivity contribution in [3.05, 3.63) is 0 Å². The number of carbonyl (C=O) groups is 3. The lowest BCUT2D eigenvalue weighted by molar-refractivity contribution is -0.153. The Morgan fingerprint density at radius 3 is 1.47 bits per heavy atom. The third kappa shape index (κ3) is 26.5. The zero-order valence-electron chi connectivity index (χ0n) is 28.9. The third-order valence-electron chi connectivity index (χ3n) is 8.80. The number of aliphatic carboxylic acids is 1. The average Bonchev–Trinajstić information content (AvgIpc) is 2.98. The molecule has 0 heterocycles. The maximum Gasteiger partial charge on any atom is 0.326 e. The van der Waals surface area contributed by atoms with Crippen LogP contribution in [0.2, 0.25) is 0 Å². The van der Waals surface area contributed by atoms with E-state index in [1.54, 1.807) is 0 Å². The number of nitrogens with one attached hydrogen (secondary N) is 1. The van der Waals surface area contributed by atoms with Crippen LogP contribution < -0.4 is 5.32 Å². The van der Waals surface area contributed by atoms with Crippen molar-refractivity contribution in [2.75, 3.05) is 0 Å². The van der Waals surface area contributed by atoms with E-state index >= 15 is 0 Å². The first-order valence-electron chi connectivity index (χ1n) is 18.6. The third-order valence-corrected chi connectivity index (χ3v) is 8.80. The van der Waals surface area contributed by atoms with Gasteiger partial charge in [0.2, 0.25) is 5.91 Å². The molecule has 0 bridgehead atoms. The number of esters is 1. The van der Waals surface area contributed by atoms with Crippen molar-refractivity contribution in [1.82, 2.24) is 5.32 Å². The number of hydrogen-bond acceptors (Lipinski definition) is 4. The second-order valence-electron chi connectivity index (χ2n) is 13.0. The molecule has 0 aromatic heterocycles. The maximum absolute atomic E-state index is 12.8. The molecule has 0 aliphatic rings. The molecule has 43 heavy (non-hydrogen) atoms. The number of ether oxygens (including phenoxy) is 1. The first-order valence-corrected chi connectivity index (χ1v) is 18.6. The van der Waals surface area contributed by atoms with Gasteiger partial charge in [0.05, 0.1) is 0 Å². The molecule has 0 aliphatic carbocycles. The molecular formula is C37H71NO5. The van der Waals surface area contributed by atoms with Crippen LogP contribution in [-0.2, 0) is 19.1 Å². The van der Waals surface area contributed by atoms with E-state index in [4.69, 9.17) is 4.74 Å². The quantitative estimate of drug-likeness (QED) is 0.0584. The lowest BCUT2D eigenvalue weighted by atomic mass is 9.93. The molecule has 0 saturated heterocycles.